The Morgan fingerprint density at radius 3 is 2.94 bits per heavy atom. The van der Waals surface area contributed by atoms with Gasteiger partial charge in [0.25, 0.3) is 0 Å². The summed E-state index contributed by atoms with van der Waals surface area (Å²) in [7, 11) is 0. The van der Waals surface area contributed by atoms with Gasteiger partial charge in [-0.1, -0.05) is 15.9 Å². The molecule has 1 aliphatic carbocycles. The number of anilines is 2. The highest BCUT2D eigenvalue weighted by Crippen LogP contribution is 2.47. The minimum Gasteiger partial charge on any atom is -0.381 e. The molecule has 1 saturated carbocycles. The summed E-state index contributed by atoms with van der Waals surface area (Å²) in [6.07, 6.45) is 3.09. The van der Waals surface area contributed by atoms with E-state index in [9.17, 15) is 4.79 Å². The Labute approximate surface area is 109 Å². The van der Waals surface area contributed by atoms with E-state index in [0.717, 1.165) is 41.5 Å². The van der Waals surface area contributed by atoms with Gasteiger partial charge in [-0.05, 0) is 38.0 Å². The summed E-state index contributed by atoms with van der Waals surface area (Å²) in [6.45, 7) is 3.06. The van der Waals surface area contributed by atoms with E-state index >= 15 is 0 Å². The molecule has 0 radical (unpaired) electrons. The van der Waals surface area contributed by atoms with Gasteiger partial charge in [0.05, 0.1) is 16.9 Å². The third-order valence-electron chi connectivity index (χ3n) is 3.71. The summed E-state index contributed by atoms with van der Waals surface area (Å²) in [6, 6.07) is 6.56. The van der Waals surface area contributed by atoms with Crippen molar-refractivity contribution in [3.05, 3.63) is 22.7 Å². The maximum Gasteiger partial charge on any atom is 0.145 e. The van der Waals surface area contributed by atoms with Crippen LogP contribution < -0.4 is 10.2 Å². The monoisotopic (exact) mass is 294 g/mol. The molecule has 0 spiro atoms. The zero-order chi connectivity index (χ0) is 12.0. The van der Waals surface area contributed by atoms with Gasteiger partial charge >= 0.3 is 0 Å². The molecule has 17 heavy (non-hydrogen) atoms. The van der Waals surface area contributed by atoms with Gasteiger partial charge in [0, 0.05) is 17.1 Å². The van der Waals surface area contributed by atoms with Crippen LogP contribution in [-0.4, -0.2) is 24.4 Å². The molecule has 1 atom stereocenters. The molecule has 1 aromatic rings. The zero-order valence-electron chi connectivity index (χ0n) is 9.74. The van der Waals surface area contributed by atoms with Gasteiger partial charge in [-0.15, -0.1) is 0 Å². The fraction of sp³-hybridized carbons (Fsp3) is 0.462. The highest BCUT2D eigenvalue weighted by atomic mass is 79.9. The molecule has 0 amide bonds. The molecule has 1 fully saturated rings. The first-order valence-electron chi connectivity index (χ1n) is 5.95. The van der Waals surface area contributed by atoms with Gasteiger partial charge in [-0.2, -0.15) is 0 Å². The Kier molecular flexibility index (Phi) is 2.43. The van der Waals surface area contributed by atoms with Crippen molar-refractivity contribution < 1.29 is 4.79 Å². The average molecular weight is 295 g/mol. The number of nitrogens with zero attached hydrogens (tertiary/aromatic N) is 1. The summed E-state index contributed by atoms with van der Waals surface area (Å²) < 4.78 is 1.06. The lowest BCUT2D eigenvalue weighted by Crippen LogP contribution is -2.50. The minimum absolute atomic E-state index is 0.232. The quantitative estimate of drug-likeness (QED) is 0.852. The molecular formula is C13H15BrN2O. The molecule has 0 unspecified atom stereocenters. The van der Waals surface area contributed by atoms with Crippen LogP contribution >= 0.6 is 15.9 Å². The van der Waals surface area contributed by atoms with Crippen LogP contribution in [0.25, 0.3) is 0 Å². The Morgan fingerprint density at radius 1 is 1.53 bits per heavy atom. The Bertz CT molecular complexity index is 470. The number of rotatable bonds is 2. The first-order valence-corrected chi connectivity index (χ1v) is 6.75. The van der Waals surface area contributed by atoms with Crippen molar-refractivity contribution in [3.8, 4) is 0 Å². The molecule has 90 valence electrons. The van der Waals surface area contributed by atoms with E-state index in [1.54, 1.807) is 0 Å². The second-order valence-corrected chi connectivity index (χ2v) is 5.90. The minimum atomic E-state index is -0.232. The van der Waals surface area contributed by atoms with E-state index in [2.05, 4.69) is 45.2 Å². The second-order valence-electron chi connectivity index (χ2n) is 4.98. The summed E-state index contributed by atoms with van der Waals surface area (Å²) in [5.41, 5.74) is 2.03. The molecule has 0 aromatic heterocycles. The first-order chi connectivity index (χ1) is 8.16. The van der Waals surface area contributed by atoms with E-state index in [0.29, 0.717) is 6.04 Å². The van der Waals surface area contributed by atoms with Gasteiger partial charge in [0.15, 0.2) is 0 Å². The van der Waals surface area contributed by atoms with E-state index in [-0.39, 0.29) is 5.54 Å². The first kappa shape index (κ1) is 11.1. The molecule has 4 heteroatoms. The molecule has 0 saturated heterocycles. The van der Waals surface area contributed by atoms with Crippen LogP contribution in [0.15, 0.2) is 22.7 Å². The summed E-state index contributed by atoms with van der Waals surface area (Å²) in [5.74, 6) is 0. The Balaban J connectivity index is 2.07. The van der Waals surface area contributed by atoms with E-state index in [1.165, 1.54) is 0 Å². The van der Waals surface area contributed by atoms with Crippen LogP contribution in [0.5, 0.6) is 0 Å². The number of benzene rings is 1. The fourth-order valence-electron chi connectivity index (χ4n) is 2.67. The van der Waals surface area contributed by atoms with Crippen molar-refractivity contribution in [3.63, 3.8) is 0 Å². The number of halogens is 1. The number of carbonyl (C=O) groups is 1. The molecular weight excluding hydrogens is 280 g/mol. The molecule has 2 aliphatic rings. The van der Waals surface area contributed by atoms with E-state index in [4.69, 9.17) is 0 Å². The summed E-state index contributed by atoms with van der Waals surface area (Å²) in [5, 5.41) is 3.42. The number of aldehydes is 1. The average Bonchev–Trinajstić information content (AvgIpc) is 3.10. The number of hydrogen-bond acceptors (Lipinski definition) is 3. The standard InChI is InChI=1S/C13H15BrN2O/c1-9-7-15-11-6-10(14)2-3-12(11)16(9)13(8-17)4-5-13/h2-3,6,8-9,15H,4-5,7H2,1H3/t9-/m0/s1. The van der Waals surface area contributed by atoms with Crippen LogP contribution in [0.2, 0.25) is 0 Å². The summed E-state index contributed by atoms with van der Waals surface area (Å²) in [4.78, 5) is 13.6. The van der Waals surface area contributed by atoms with Gasteiger partial charge in [0.1, 0.15) is 6.29 Å². The van der Waals surface area contributed by atoms with Crippen molar-refractivity contribution in [2.75, 3.05) is 16.8 Å². The predicted molar refractivity (Wildman–Crippen MR) is 72.6 cm³/mol. The molecule has 3 rings (SSSR count). The van der Waals surface area contributed by atoms with E-state index in [1.807, 2.05) is 6.07 Å². The second kappa shape index (κ2) is 3.73. The van der Waals surface area contributed by atoms with Crippen LogP contribution in [0.3, 0.4) is 0 Å². The van der Waals surface area contributed by atoms with Gasteiger partial charge in [0.2, 0.25) is 0 Å². The van der Waals surface area contributed by atoms with Crippen molar-refractivity contribution >= 4 is 33.6 Å². The van der Waals surface area contributed by atoms with Crippen molar-refractivity contribution in [2.45, 2.75) is 31.3 Å². The van der Waals surface area contributed by atoms with Crippen LogP contribution in [0.4, 0.5) is 11.4 Å². The SMILES string of the molecule is C[C@H]1CNc2cc(Br)ccc2N1C1(C=O)CC1. The van der Waals surface area contributed by atoms with Gasteiger partial charge in [-0.3, -0.25) is 0 Å². The molecule has 3 nitrogen and oxygen atoms in total. The number of carbonyl (C=O) groups excluding carboxylic acids is 1. The van der Waals surface area contributed by atoms with Crippen molar-refractivity contribution in [2.24, 2.45) is 0 Å². The topological polar surface area (TPSA) is 32.3 Å². The van der Waals surface area contributed by atoms with Gasteiger partial charge in [-0.25, -0.2) is 0 Å². The highest BCUT2D eigenvalue weighted by molar-refractivity contribution is 9.10. The van der Waals surface area contributed by atoms with E-state index < -0.39 is 0 Å². The maximum absolute atomic E-state index is 11.3. The molecule has 1 N–H and O–H groups in total. The third kappa shape index (κ3) is 1.66. The highest BCUT2D eigenvalue weighted by Gasteiger charge is 2.51. The molecule has 1 heterocycles. The lowest BCUT2D eigenvalue weighted by molar-refractivity contribution is -0.109. The molecule has 1 aromatic carbocycles. The Hall–Kier alpha value is -1.03. The number of fused-ring (bicyclic) bond motifs is 1. The zero-order valence-corrected chi connectivity index (χ0v) is 11.3. The normalized spacial score (nSPS) is 24.8. The van der Waals surface area contributed by atoms with Crippen molar-refractivity contribution in [1.29, 1.82) is 0 Å². The predicted octanol–water partition coefficient (Wildman–Crippen LogP) is 2.80. The fourth-order valence-corrected chi connectivity index (χ4v) is 3.03. The van der Waals surface area contributed by atoms with Gasteiger partial charge < -0.3 is 15.0 Å². The number of hydrogen-bond donors (Lipinski definition) is 1. The smallest absolute Gasteiger partial charge is 0.145 e. The largest absolute Gasteiger partial charge is 0.381 e. The maximum atomic E-state index is 11.3. The van der Waals surface area contributed by atoms with Crippen LogP contribution in [0, 0.1) is 0 Å². The lowest BCUT2D eigenvalue weighted by Gasteiger charge is -2.41. The molecule has 0 bridgehead atoms. The van der Waals surface area contributed by atoms with Crippen LogP contribution in [-0.2, 0) is 4.79 Å². The Morgan fingerprint density at radius 2 is 2.29 bits per heavy atom. The number of nitrogens with one attached hydrogen (secondary N) is 1. The lowest BCUT2D eigenvalue weighted by atomic mass is 10.1. The third-order valence-corrected chi connectivity index (χ3v) is 4.20. The van der Waals surface area contributed by atoms with Crippen LogP contribution in [0.1, 0.15) is 19.8 Å². The summed E-state index contributed by atoms with van der Waals surface area (Å²) >= 11 is 3.48. The van der Waals surface area contributed by atoms with Crippen molar-refractivity contribution in [1.82, 2.24) is 0 Å². The molecule has 1 aliphatic heterocycles.